The SMILES string of the molecule is O=C(O)[C@@H]1CC(=O)N(c2cccc(Cl)c2Cl)C1. The number of rotatable bonds is 2. The van der Waals surface area contributed by atoms with Crippen molar-refractivity contribution in [3.63, 3.8) is 0 Å². The highest BCUT2D eigenvalue weighted by Crippen LogP contribution is 2.35. The molecule has 0 aromatic heterocycles. The summed E-state index contributed by atoms with van der Waals surface area (Å²) in [6.45, 7) is 0.133. The molecule has 1 saturated heterocycles. The summed E-state index contributed by atoms with van der Waals surface area (Å²) in [7, 11) is 0. The second-order valence-corrected chi connectivity index (χ2v) is 4.60. The molecule has 1 heterocycles. The lowest BCUT2D eigenvalue weighted by Gasteiger charge is -2.18. The van der Waals surface area contributed by atoms with Crippen LogP contribution in [-0.2, 0) is 9.59 Å². The fourth-order valence-corrected chi connectivity index (χ4v) is 2.20. The lowest BCUT2D eigenvalue weighted by Crippen LogP contribution is -2.26. The Balaban J connectivity index is 2.32. The number of anilines is 1. The highest BCUT2D eigenvalue weighted by Gasteiger charge is 2.35. The molecule has 1 aromatic carbocycles. The van der Waals surface area contributed by atoms with Crippen molar-refractivity contribution in [2.75, 3.05) is 11.4 Å². The Morgan fingerprint density at radius 2 is 2.12 bits per heavy atom. The third-order valence-corrected chi connectivity index (χ3v) is 3.51. The lowest BCUT2D eigenvalue weighted by molar-refractivity contribution is -0.141. The van der Waals surface area contributed by atoms with Crippen LogP contribution in [0, 0.1) is 5.92 Å². The number of carboxylic acid groups (broad SMARTS) is 1. The molecule has 0 saturated carbocycles. The number of amides is 1. The second kappa shape index (κ2) is 4.55. The maximum absolute atomic E-state index is 11.7. The highest BCUT2D eigenvalue weighted by molar-refractivity contribution is 6.44. The average molecular weight is 274 g/mol. The van der Waals surface area contributed by atoms with Crippen molar-refractivity contribution in [2.24, 2.45) is 5.92 Å². The van der Waals surface area contributed by atoms with E-state index in [1.54, 1.807) is 18.2 Å². The monoisotopic (exact) mass is 273 g/mol. The molecule has 1 amide bonds. The van der Waals surface area contributed by atoms with Crippen LogP contribution in [0.4, 0.5) is 5.69 Å². The van der Waals surface area contributed by atoms with E-state index in [1.807, 2.05) is 0 Å². The highest BCUT2D eigenvalue weighted by atomic mass is 35.5. The first kappa shape index (κ1) is 12.2. The molecule has 90 valence electrons. The Morgan fingerprint density at radius 1 is 1.41 bits per heavy atom. The normalized spacial score (nSPS) is 19.8. The Labute approximate surface area is 108 Å². The summed E-state index contributed by atoms with van der Waals surface area (Å²) < 4.78 is 0. The van der Waals surface area contributed by atoms with E-state index < -0.39 is 11.9 Å². The van der Waals surface area contributed by atoms with E-state index in [9.17, 15) is 9.59 Å². The van der Waals surface area contributed by atoms with Gasteiger partial charge in [-0.15, -0.1) is 0 Å². The van der Waals surface area contributed by atoms with Crippen LogP contribution in [0.2, 0.25) is 10.0 Å². The van der Waals surface area contributed by atoms with E-state index >= 15 is 0 Å². The fraction of sp³-hybridized carbons (Fsp3) is 0.273. The molecule has 1 aliphatic rings. The van der Waals surface area contributed by atoms with Crippen LogP contribution in [0.5, 0.6) is 0 Å². The van der Waals surface area contributed by atoms with Gasteiger partial charge in [-0.25, -0.2) is 0 Å². The Morgan fingerprint density at radius 3 is 2.71 bits per heavy atom. The van der Waals surface area contributed by atoms with Crippen molar-refractivity contribution in [1.29, 1.82) is 0 Å². The van der Waals surface area contributed by atoms with Gasteiger partial charge in [0.05, 0.1) is 21.7 Å². The van der Waals surface area contributed by atoms with E-state index in [-0.39, 0.29) is 23.9 Å². The van der Waals surface area contributed by atoms with E-state index in [4.69, 9.17) is 28.3 Å². The van der Waals surface area contributed by atoms with Crippen LogP contribution >= 0.6 is 23.2 Å². The average Bonchev–Trinajstić information content (AvgIpc) is 2.65. The van der Waals surface area contributed by atoms with Gasteiger partial charge >= 0.3 is 5.97 Å². The predicted molar refractivity (Wildman–Crippen MR) is 64.6 cm³/mol. The summed E-state index contributed by atoms with van der Waals surface area (Å²) in [4.78, 5) is 23.9. The van der Waals surface area contributed by atoms with Crippen LogP contribution in [-0.4, -0.2) is 23.5 Å². The van der Waals surface area contributed by atoms with Gasteiger partial charge in [-0.1, -0.05) is 29.3 Å². The number of nitrogens with zero attached hydrogens (tertiary/aromatic N) is 1. The van der Waals surface area contributed by atoms with Gasteiger partial charge in [-0.3, -0.25) is 9.59 Å². The van der Waals surface area contributed by atoms with Gasteiger partial charge < -0.3 is 10.0 Å². The molecule has 0 bridgehead atoms. The fourth-order valence-electron chi connectivity index (χ4n) is 1.81. The smallest absolute Gasteiger partial charge is 0.308 e. The minimum absolute atomic E-state index is 0.00181. The van der Waals surface area contributed by atoms with Crippen molar-refractivity contribution in [2.45, 2.75) is 6.42 Å². The van der Waals surface area contributed by atoms with E-state index in [1.165, 1.54) is 4.90 Å². The number of carbonyl (C=O) groups excluding carboxylic acids is 1. The molecular weight excluding hydrogens is 265 g/mol. The predicted octanol–water partition coefficient (Wildman–Crippen LogP) is 2.43. The maximum atomic E-state index is 11.7. The molecular formula is C11H9Cl2NO3. The van der Waals surface area contributed by atoms with E-state index in [0.29, 0.717) is 10.7 Å². The van der Waals surface area contributed by atoms with Gasteiger partial charge in [0.25, 0.3) is 0 Å². The molecule has 0 spiro atoms. The molecule has 1 aromatic rings. The Kier molecular flexibility index (Phi) is 3.26. The van der Waals surface area contributed by atoms with E-state index in [0.717, 1.165) is 0 Å². The molecule has 1 fully saturated rings. The van der Waals surface area contributed by atoms with Crippen LogP contribution in [0.15, 0.2) is 18.2 Å². The van der Waals surface area contributed by atoms with Gasteiger partial charge in [-0.05, 0) is 12.1 Å². The molecule has 4 nitrogen and oxygen atoms in total. The second-order valence-electron chi connectivity index (χ2n) is 3.82. The number of carbonyl (C=O) groups is 2. The molecule has 0 radical (unpaired) electrons. The minimum atomic E-state index is -0.973. The zero-order chi connectivity index (χ0) is 12.6. The van der Waals surface area contributed by atoms with Crippen LogP contribution in [0.3, 0.4) is 0 Å². The zero-order valence-electron chi connectivity index (χ0n) is 8.69. The Hall–Kier alpha value is -1.26. The third kappa shape index (κ3) is 2.23. The standard InChI is InChI=1S/C11H9Cl2NO3/c12-7-2-1-3-8(10(7)13)14-5-6(11(16)17)4-9(14)15/h1-3,6H,4-5H2,(H,16,17)/t6-/m1/s1. The number of carboxylic acids is 1. The molecule has 0 aliphatic carbocycles. The number of hydrogen-bond acceptors (Lipinski definition) is 2. The number of aliphatic carboxylic acids is 1. The summed E-state index contributed by atoms with van der Waals surface area (Å²) in [5, 5.41) is 9.50. The molecule has 1 N–H and O–H groups in total. The van der Waals surface area contributed by atoms with Crippen LogP contribution < -0.4 is 4.90 Å². The van der Waals surface area contributed by atoms with Crippen LogP contribution in [0.25, 0.3) is 0 Å². The molecule has 6 heteroatoms. The summed E-state index contributed by atoms with van der Waals surface area (Å²) in [6, 6.07) is 4.93. The quantitative estimate of drug-likeness (QED) is 0.901. The van der Waals surface area contributed by atoms with Crippen molar-refractivity contribution in [3.05, 3.63) is 28.2 Å². The van der Waals surface area contributed by atoms with E-state index in [2.05, 4.69) is 0 Å². The zero-order valence-corrected chi connectivity index (χ0v) is 10.2. The first-order valence-electron chi connectivity index (χ1n) is 4.98. The van der Waals surface area contributed by atoms with Crippen molar-refractivity contribution in [3.8, 4) is 0 Å². The summed E-state index contributed by atoms with van der Waals surface area (Å²) in [6.07, 6.45) is -0.00181. The number of halogens is 2. The number of hydrogen-bond donors (Lipinski definition) is 1. The first-order valence-corrected chi connectivity index (χ1v) is 5.73. The third-order valence-electron chi connectivity index (χ3n) is 2.70. The summed E-state index contributed by atoms with van der Waals surface area (Å²) in [5.41, 5.74) is 0.466. The van der Waals surface area contributed by atoms with Gasteiger partial charge in [0.2, 0.25) is 5.91 Å². The molecule has 17 heavy (non-hydrogen) atoms. The summed E-state index contributed by atoms with van der Waals surface area (Å²) >= 11 is 11.8. The summed E-state index contributed by atoms with van der Waals surface area (Å²) in [5.74, 6) is -1.90. The van der Waals surface area contributed by atoms with Gasteiger partial charge in [0.15, 0.2) is 0 Å². The first-order chi connectivity index (χ1) is 8.00. The van der Waals surface area contributed by atoms with Gasteiger partial charge in [-0.2, -0.15) is 0 Å². The van der Waals surface area contributed by atoms with Crippen molar-refractivity contribution in [1.82, 2.24) is 0 Å². The van der Waals surface area contributed by atoms with Gasteiger partial charge in [0.1, 0.15) is 0 Å². The molecule has 1 atom stereocenters. The largest absolute Gasteiger partial charge is 0.481 e. The lowest BCUT2D eigenvalue weighted by atomic mass is 10.1. The van der Waals surface area contributed by atoms with Gasteiger partial charge in [0, 0.05) is 13.0 Å². The molecule has 1 aliphatic heterocycles. The Bertz CT molecular complexity index is 490. The number of benzene rings is 1. The molecule has 2 rings (SSSR count). The van der Waals surface area contributed by atoms with Crippen molar-refractivity contribution < 1.29 is 14.7 Å². The maximum Gasteiger partial charge on any atom is 0.308 e. The van der Waals surface area contributed by atoms with Crippen LogP contribution in [0.1, 0.15) is 6.42 Å². The molecule has 0 unspecified atom stereocenters. The van der Waals surface area contributed by atoms with Crippen molar-refractivity contribution >= 4 is 40.8 Å². The minimum Gasteiger partial charge on any atom is -0.481 e. The topological polar surface area (TPSA) is 57.6 Å².